The topological polar surface area (TPSA) is 0 Å². The normalized spacial score (nSPS) is 18.8. The van der Waals surface area contributed by atoms with Gasteiger partial charge in [0.05, 0.1) is 0 Å². The van der Waals surface area contributed by atoms with Crippen molar-refractivity contribution in [2.75, 3.05) is 0 Å². The summed E-state index contributed by atoms with van der Waals surface area (Å²) in [6.07, 6.45) is 8.57. The van der Waals surface area contributed by atoms with Crippen LogP contribution in [0, 0.1) is 11.8 Å². The third-order valence-corrected chi connectivity index (χ3v) is 4.25. The van der Waals surface area contributed by atoms with Gasteiger partial charge in [-0.25, -0.2) is 0 Å². The highest BCUT2D eigenvalue weighted by Gasteiger charge is 2.25. The van der Waals surface area contributed by atoms with E-state index in [1.54, 1.807) is 5.56 Å². The highest BCUT2D eigenvalue weighted by atomic mass is 14.3. The van der Waals surface area contributed by atoms with Gasteiger partial charge in [0.2, 0.25) is 0 Å². The van der Waals surface area contributed by atoms with Crippen LogP contribution in [0.2, 0.25) is 0 Å². The molecule has 94 valence electrons. The summed E-state index contributed by atoms with van der Waals surface area (Å²) >= 11 is 0. The smallest absolute Gasteiger partial charge is 0.0134 e. The summed E-state index contributed by atoms with van der Waals surface area (Å²) in [4.78, 5) is 0. The van der Waals surface area contributed by atoms with Crippen molar-refractivity contribution in [3.8, 4) is 0 Å². The van der Waals surface area contributed by atoms with E-state index in [0.717, 1.165) is 17.8 Å². The fourth-order valence-corrected chi connectivity index (χ4v) is 3.25. The lowest BCUT2D eigenvalue weighted by Crippen LogP contribution is -2.11. The minimum absolute atomic E-state index is 0.820. The molecule has 1 aromatic rings. The Morgan fingerprint density at radius 1 is 1.00 bits per heavy atom. The van der Waals surface area contributed by atoms with E-state index >= 15 is 0 Å². The number of rotatable bonds is 5. The van der Waals surface area contributed by atoms with Gasteiger partial charge in [-0.05, 0) is 42.6 Å². The van der Waals surface area contributed by atoms with E-state index in [2.05, 4.69) is 44.2 Å². The van der Waals surface area contributed by atoms with Gasteiger partial charge in [0.25, 0.3) is 0 Å². The van der Waals surface area contributed by atoms with Crippen LogP contribution in [-0.2, 0) is 0 Å². The second-order valence-electron chi connectivity index (χ2n) is 6.03. The first-order valence-corrected chi connectivity index (χ1v) is 7.32. The Kier molecular flexibility index (Phi) is 4.65. The van der Waals surface area contributed by atoms with E-state index in [1.165, 1.54) is 38.5 Å². The Labute approximate surface area is 106 Å². The molecule has 0 bridgehead atoms. The van der Waals surface area contributed by atoms with Gasteiger partial charge in [-0.15, -0.1) is 0 Å². The van der Waals surface area contributed by atoms with Crippen LogP contribution in [-0.4, -0.2) is 0 Å². The van der Waals surface area contributed by atoms with Crippen molar-refractivity contribution >= 4 is 0 Å². The third kappa shape index (κ3) is 3.59. The van der Waals surface area contributed by atoms with Crippen molar-refractivity contribution in [3.05, 3.63) is 35.9 Å². The average Bonchev–Trinajstić information content (AvgIpc) is 2.84. The summed E-state index contributed by atoms with van der Waals surface area (Å²) in [7, 11) is 0. The second-order valence-corrected chi connectivity index (χ2v) is 6.03. The molecule has 0 aromatic heterocycles. The van der Waals surface area contributed by atoms with Crippen molar-refractivity contribution in [1.29, 1.82) is 0 Å². The van der Waals surface area contributed by atoms with Crippen molar-refractivity contribution < 1.29 is 0 Å². The first-order chi connectivity index (χ1) is 8.27. The fraction of sp³-hybridized carbons (Fsp3) is 0.647. The summed E-state index contributed by atoms with van der Waals surface area (Å²) in [6.45, 7) is 4.69. The molecule has 17 heavy (non-hydrogen) atoms. The molecule has 0 spiro atoms. The molecular weight excluding hydrogens is 204 g/mol. The largest absolute Gasteiger partial charge is 0.0628 e. The van der Waals surface area contributed by atoms with Crippen molar-refractivity contribution in [3.63, 3.8) is 0 Å². The Morgan fingerprint density at radius 2 is 1.65 bits per heavy atom. The molecule has 0 radical (unpaired) electrons. The average molecular weight is 230 g/mol. The van der Waals surface area contributed by atoms with Gasteiger partial charge in [0, 0.05) is 0 Å². The summed E-state index contributed by atoms with van der Waals surface area (Å²) < 4.78 is 0. The van der Waals surface area contributed by atoms with Gasteiger partial charge >= 0.3 is 0 Å². The van der Waals surface area contributed by atoms with Crippen LogP contribution in [0.3, 0.4) is 0 Å². The molecular formula is C17H26. The van der Waals surface area contributed by atoms with Crippen LogP contribution in [0.5, 0.6) is 0 Å². The van der Waals surface area contributed by atoms with Crippen LogP contribution in [0.1, 0.15) is 63.9 Å². The zero-order chi connectivity index (χ0) is 12.1. The first kappa shape index (κ1) is 12.7. The molecule has 1 atom stereocenters. The van der Waals surface area contributed by atoms with Gasteiger partial charge in [-0.2, -0.15) is 0 Å². The molecule has 0 heterocycles. The maximum Gasteiger partial charge on any atom is -0.0134 e. The standard InChI is InChI=1S/C17H26/c1-14(2)12-13-17(16-10-6-7-11-16)15-8-4-3-5-9-15/h3-5,8-9,14,16-17H,6-7,10-13H2,1-2H3. The highest BCUT2D eigenvalue weighted by molar-refractivity contribution is 5.20. The van der Waals surface area contributed by atoms with E-state index in [0.29, 0.717) is 0 Å². The van der Waals surface area contributed by atoms with Crippen LogP contribution in [0.25, 0.3) is 0 Å². The minimum atomic E-state index is 0.820. The van der Waals surface area contributed by atoms with Crippen molar-refractivity contribution in [2.45, 2.75) is 58.3 Å². The van der Waals surface area contributed by atoms with E-state index in [9.17, 15) is 0 Å². The van der Waals surface area contributed by atoms with Crippen LogP contribution < -0.4 is 0 Å². The Hall–Kier alpha value is -0.780. The molecule has 1 aromatic carbocycles. The molecule has 0 nitrogen and oxygen atoms in total. The first-order valence-electron chi connectivity index (χ1n) is 7.32. The SMILES string of the molecule is CC(C)CCC(c1ccccc1)C1CCCC1. The van der Waals surface area contributed by atoms with Gasteiger partial charge < -0.3 is 0 Å². The summed E-state index contributed by atoms with van der Waals surface area (Å²) in [5.41, 5.74) is 1.58. The van der Waals surface area contributed by atoms with Gasteiger partial charge in [-0.3, -0.25) is 0 Å². The monoisotopic (exact) mass is 230 g/mol. The highest BCUT2D eigenvalue weighted by Crippen LogP contribution is 2.40. The Bertz CT molecular complexity index is 306. The van der Waals surface area contributed by atoms with Crippen molar-refractivity contribution in [2.24, 2.45) is 11.8 Å². The molecule has 1 unspecified atom stereocenters. The fourth-order valence-electron chi connectivity index (χ4n) is 3.25. The Morgan fingerprint density at radius 3 is 2.24 bits per heavy atom. The predicted molar refractivity (Wildman–Crippen MR) is 75.2 cm³/mol. The van der Waals surface area contributed by atoms with E-state index < -0.39 is 0 Å². The number of hydrogen-bond donors (Lipinski definition) is 0. The van der Waals surface area contributed by atoms with Gasteiger partial charge in [0.1, 0.15) is 0 Å². The molecule has 1 aliphatic rings. The molecule has 0 N–H and O–H groups in total. The van der Waals surface area contributed by atoms with Crippen LogP contribution >= 0.6 is 0 Å². The van der Waals surface area contributed by atoms with Crippen LogP contribution in [0.15, 0.2) is 30.3 Å². The summed E-state index contributed by atoms with van der Waals surface area (Å²) in [5, 5.41) is 0. The summed E-state index contributed by atoms with van der Waals surface area (Å²) in [5.74, 6) is 2.61. The van der Waals surface area contributed by atoms with Gasteiger partial charge in [-0.1, -0.05) is 63.4 Å². The van der Waals surface area contributed by atoms with E-state index in [-0.39, 0.29) is 0 Å². The molecule has 1 saturated carbocycles. The molecule has 1 fully saturated rings. The van der Waals surface area contributed by atoms with E-state index in [4.69, 9.17) is 0 Å². The van der Waals surface area contributed by atoms with Crippen LogP contribution in [0.4, 0.5) is 0 Å². The molecule has 2 rings (SSSR count). The van der Waals surface area contributed by atoms with E-state index in [1.807, 2.05) is 0 Å². The zero-order valence-corrected chi connectivity index (χ0v) is 11.4. The summed E-state index contributed by atoms with van der Waals surface area (Å²) in [6, 6.07) is 11.2. The zero-order valence-electron chi connectivity index (χ0n) is 11.4. The predicted octanol–water partition coefficient (Wildman–Crippen LogP) is 5.40. The quantitative estimate of drug-likeness (QED) is 0.635. The molecule has 0 amide bonds. The lowest BCUT2D eigenvalue weighted by molar-refractivity contribution is 0.380. The maximum atomic E-state index is 2.34. The number of benzene rings is 1. The minimum Gasteiger partial charge on any atom is -0.0628 e. The lowest BCUT2D eigenvalue weighted by Gasteiger charge is -2.24. The van der Waals surface area contributed by atoms with Gasteiger partial charge in [0.15, 0.2) is 0 Å². The molecule has 0 heteroatoms. The molecule has 1 aliphatic carbocycles. The second kappa shape index (κ2) is 6.23. The number of hydrogen-bond acceptors (Lipinski definition) is 0. The maximum absolute atomic E-state index is 2.34. The lowest BCUT2D eigenvalue weighted by atomic mass is 9.80. The Balaban J connectivity index is 2.06. The molecule has 0 aliphatic heterocycles. The molecule has 0 saturated heterocycles. The van der Waals surface area contributed by atoms with Crippen molar-refractivity contribution in [1.82, 2.24) is 0 Å². The third-order valence-electron chi connectivity index (χ3n) is 4.25.